The topological polar surface area (TPSA) is 21.3 Å². The molecule has 0 fully saturated rings. The first-order chi connectivity index (χ1) is 8.17. The third kappa shape index (κ3) is 4.88. The fourth-order valence-electron chi connectivity index (χ4n) is 1.99. The van der Waals surface area contributed by atoms with Crippen LogP contribution in [0.25, 0.3) is 0 Å². The summed E-state index contributed by atoms with van der Waals surface area (Å²) in [6, 6.07) is 9.10. The van der Waals surface area contributed by atoms with Crippen molar-refractivity contribution < 1.29 is 4.74 Å². The Hall–Kier alpha value is -0.860. The Kier molecular flexibility index (Phi) is 6.23. The van der Waals surface area contributed by atoms with Crippen LogP contribution < -0.4 is 5.32 Å². The van der Waals surface area contributed by atoms with E-state index < -0.39 is 0 Å². The van der Waals surface area contributed by atoms with Crippen molar-refractivity contribution in [2.75, 3.05) is 20.3 Å². The molecule has 1 N–H and O–H groups in total. The number of likely N-dealkylation sites (N-methyl/N-ethyl adjacent to an activating group) is 1. The smallest absolute Gasteiger partial charge is 0.0661 e. The van der Waals surface area contributed by atoms with Gasteiger partial charge in [-0.15, -0.1) is 0 Å². The largest absolute Gasteiger partial charge is 0.380 e. The van der Waals surface area contributed by atoms with Crippen LogP contribution in [0.2, 0.25) is 0 Å². The zero-order valence-corrected chi connectivity index (χ0v) is 11.5. The zero-order valence-electron chi connectivity index (χ0n) is 11.5. The van der Waals surface area contributed by atoms with E-state index in [1.54, 1.807) is 0 Å². The first kappa shape index (κ1) is 14.2. The summed E-state index contributed by atoms with van der Waals surface area (Å²) < 4.78 is 5.50. The van der Waals surface area contributed by atoms with Crippen LogP contribution in [0.5, 0.6) is 0 Å². The summed E-state index contributed by atoms with van der Waals surface area (Å²) in [5.74, 6) is 0.699. The van der Waals surface area contributed by atoms with Gasteiger partial charge in [0, 0.05) is 6.61 Å². The van der Waals surface area contributed by atoms with Crippen molar-refractivity contribution in [1.29, 1.82) is 0 Å². The van der Waals surface area contributed by atoms with E-state index in [1.807, 2.05) is 14.0 Å². The maximum absolute atomic E-state index is 5.50. The summed E-state index contributed by atoms with van der Waals surface area (Å²) in [6.45, 7) is 8.04. The molecule has 0 saturated heterocycles. The fraction of sp³-hybridized carbons (Fsp3) is 0.600. The van der Waals surface area contributed by atoms with Gasteiger partial charge in [-0.3, -0.25) is 0 Å². The summed E-state index contributed by atoms with van der Waals surface area (Å²) >= 11 is 0. The summed E-state index contributed by atoms with van der Waals surface area (Å²) in [5.41, 5.74) is 2.73. The molecule has 0 saturated carbocycles. The molecule has 1 atom stereocenters. The molecular weight excluding hydrogens is 210 g/mol. The van der Waals surface area contributed by atoms with Crippen molar-refractivity contribution in [3.63, 3.8) is 0 Å². The second-order valence-corrected chi connectivity index (χ2v) is 4.84. The quantitative estimate of drug-likeness (QED) is 0.783. The van der Waals surface area contributed by atoms with Crippen molar-refractivity contribution in [1.82, 2.24) is 5.32 Å². The van der Waals surface area contributed by atoms with Crippen molar-refractivity contribution >= 4 is 0 Å². The number of benzene rings is 1. The molecule has 0 aliphatic rings. The molecule has 0 radical (unpaired) electrons. The van der Waals surface area contributed by atoms with Crippen LogP contribution in [0.3, 0.4) is 0 Å². The van der Waals surface area contributed by atoms with Crippen LogP contribution in [0.15, 0.2) is 24.3 Å². The summed E-state index contributed by atoms with van der Waals surface area (Å²) in [4.78, 5) is 0. The van der Waals surface area contributed by atoms with E-state index in [2.05, 4.69) is 43.4 Å². The third-order valence-corrected chi connectivity index (χ3v) is 2.83. The zero-order chi connectivity index (χ0) is 12.7. The molecule has 17 heavy (non-hydrogen) atoms. The van der Waals surface area contributed by atoms with E-state index in [0.717, 1.165) is 19.6 Å². The highest BCUT2D eigenvalue weighted by Crippen LogP contribution is 2.17. The maximum atomic E-state index is 5.50. The van der Waals surface area contributed by atoms with Crippen molar-refractivity contribution in [3.05, 3.63) is 35.4 Å². The van der Waals surface area contributed by atoms with Gasteiger partial charge in [0.1, 0.15) is 0 Å². The Labute approximate surface area is 105 Å². The lowest BCUT2D eigenvalue weighted by Crippen LogP contribution is -2.22. The number of hydrogen-bond acceptors (Lipinski definition) is 2. The Morgan fingerprint density at radius 2 is 2.06 bits per heavy atom. The monoisotopic (exact) mass is 235 g/mol. The molecule has 0 heterocycles. The fourth-order valence-corrected chi connectivity index (χ4v) is 1.99. The molecule has 2 heteroatoms. The SMILES string of the molecule is CCOCC(NC)c1cccc(CC(C)C)c1. The van der Waals surface area contributed by atoms with E-state index in [0.29, 0.717) is 12.0 Å². The van der Waals surface area contributed by atoms with Crippen molar-refractivity contribution in [2.45, 2.75) is 33.2 Å². The van der Waals surface area contributed by atoms with Gasteiger partial charge in [-0.2, -0.15) is 0 Å². The van der Waals surface area contributed by atoms with Crippen LogP contribution >= 0.6 is 0 Å². The minimum Gasteiger partial charge on any atom is -0.380 e. The number of ether oxygens (including phenoxy) is 1. The van der Waals surface area contributed by atoms with Crippen LogP contribution in [-0.4, -0.2) is 20.3 Å². The van der Waals surface area contributed by atoms with Crippen LogP contribution in [-0.2, 0) is 11.2 Å². The highest BCUT2D eigenvalue weighted by atomic mass is 16.5. The summed E-state index contributed by atoms with van der Waals surface area (Å²) in [5, 5.41) is 3.31. The lowest BCUT2D eigenvalue weighted by Gasteiger charge is -2.17. The van der Waals surface area contributed by atoms with E-state index >= 15 is 0 Å². The highest BCUT2D eigenvalue weighted by molar-refractivity contribution is 5.26. The molecule has 96 valence electrons. The molecular formula is C15H25NO. The van der Waals surface area contributed by atoms with Gasteiger partial charge in [0.15, 0.2) is 0 Å². The molecule has 0 aromatic heterocycles. The highest BCUT2D eigenvalue weighted by Gasteiger charge is 2.09. The minimum absolute atomic E-state index is 0.294. The Balaban J connectivity index is 2.73. The second-order valence-electron chi connectivity index (χ2n) is 4.84. The van der Waals surface area contributed by atoms with Crippen molar-refractivity contribution in [3.8, 4) is 0 Å². The molecule has 0 spiro atoms. The Morgan fingerprint density at radius 1 is 1.29 bits per heavy atom. The standard InChI is InChI=1S/C15H25NO/c1-5-17-11-15(16-4)14-8-6-7-13(10-14)9-12(2)3/h6-8,10,12,15-16H,5,9,11H2,1-4H3. The van der Waals surface area contributed by atoms with Crippen LogP contribution in [0.1, 0.15) is 37.9 Å². The number of nitrogens with one attached hydrogen (secondary N) is 1. The predicted octanol–water partition coefficient (Wildman–Crippen LogP) is 3.18. The third-order valence-electron chi connectivity index (χ3n) is 2.83. The first-order valence-corrected chi connectivity index (χ1v) is 6.51. The normalized spacial score (nSPS) is 13.0. The molecule has 1 rings (SSSR count). The lowest BCUT2D eigenvalue weighted by atomic mass is 9.98. The minimum atomic E-state index is 0.294. The first-order valence-electron chi connectivity index (χ1n) is 6.51. The van der Waals surface area contributed by atoms with Gasteiger partial charge in [-0.05, 0) is 37.4 Å². The van der Waals surface area contributed by atoms with Crippen molar-refractivity contribution in [2.24, 2.45) is 5.92 Å². The van der Waals surface area contributed by atoms with E-state index in [1.165, 1.54) is 11.1 Å². The average Bonchev–Trinajstić information content (AvgIpc) is 2.30. The number of hydrogen-bond donors (Lipinski definition) is 1. The van der Waals surface area contributed by atoms with Gasteiger partial charge in [-0.1, -0.05) is 38.1 Å². The number of rotatable bonds is 7. The Morgan fingerprint density at radius 3 is 2.65 bits per heavy atom. The Bertz CT molecular complexity index is 322. The van der Waals surface area contributed by atoms with Gasteiger partial charge in [-0.25, -0.2) is 0 Å². The molecule has 1 aromatic carbocycles. The molecule has 0 aliphatic heterocycles. The van der Waals surface area contributed by atoms with Gasteiger partial charge >= 0.3 is 0 Å². The molecule has 0 amide bonds. The van der Waals surface area contributed by atoms with E-state index in [9.17, 15) is 0 Å². The summed E-state index contributed by atoms with van der Waals surface area (Å²) in [7, 11) is 1.98. The van der Waals surface area contributed by atoms with E-state index in [-0.39, 0.29) is 0 Å². The molecule has 1 unspecified atom stereocenters. The summed E-state index contributed by atoms with van der Waals surface area (Å²) in [6.07, 6.45) is 1.14. The van der Waals surface area contributed by atoms with Gasteiger partial charge in [0.2, 0.25) is 0 Å². The second kappa shape index (κ2) is 7.46. The van der Waals surface area contributed by atoms with Gasteiger partial charge in [0.25, 0.3) is 0 Å². The average molecular weight is 235 g/mol. The predicted molar refractivity (Wildman–Crippen MR) is 73.3 cm³/mol. The van der Waals surface area contributed by atoms with Gasteiger partial charge in [0.05, 0.1) is 12.6 Å². The maximum Gasteiger partial charge on any atom is 0.0661 e. The van der Waals surface area contributed by atoms with Crippen LogP contribution in [0, 0.1) is 5.92 Å². The van der Waals surface area contributed by atoms with E-state index in [4.69, 9.17) is 4.74 Å². The van der Waals surface area contributed by atoms with Crippen LogP contribution in [0.4, 0.5) is 0 Å². The van der Waals surface area contributed by atoms with Gasteiger partial charge < -0.3 is 10.1 Å². The lowest BCUT2D eigenvalue weighted by molar-refractivity contribution is 0.125. The molecule has 2 nitrogen and oxygen atoms in total. The molecule has 0 aliphatic carbocycles. The molecule has 1 aromatic rings. The molecule has 0 bridgehead atoms.